The van der Waals surface area contributed by atoms with Crippen LogP contribution >= 0.6 is 0 Å². The van der Waals surface area contributed by atoms with E-state index >= 15 is 0 Å². The van der Waals surface area contributed by atoms with E-state index < -0.39 is 23.9 Å². The molecule has 7 nitrogen and oxygen atoms in total. The minimum atomic E-state index is -4.46. The lowest BCUT2D eigenvalue weighted by atomic mass is 9.88. The van der Waals surface area contributed by atoms with Crippen molar-refractivity contribution in [2.75, 3.05) is 5.48 Å². The van der Waals surface area contributed by atoms with E-state index in [1.807, 2.05) is 5.48 Å². The second-order valence-corrected chi connectivity index (χ2v) is 5.53. The first kappa shape index (κ1) is 18.7. The first-order valence-electron chi connectivity index (χ1n) is 7.18. The molecule has 25 heavy (non-hydrogen) atoms. The Morgan fingerprint density at radius 3 is 2.48 bits per heavy atom. The Morgan fingerprint density at radius 1 is 1.28 bits per heavy atom. The standard InChI is InChI=1S/C15H14F3N3O3.H2O/c16-15(17,18)13-7-19-8-21(13)11-5-12(6-11)24-14(22)9-1-3-10(20-23)4-2-9;/h1-4,7-8,11-12,20,23H,5-6H2;1H2. The van der Waals surface area contributed by atoms with Gasteiger partial charge in [0, 0.05) is 18.9 Å². The van der Waals surface area contributed by atoms with Crippen LogP contribution in [0.4, 0.5) is 18.9 Å². The van der Waals surface area contributed by atoms with Gasteiger partial charge in [-0.25, -0.2) is 9.78 Å². The molecule has 0 bridgehead atoms. The fourth-order valence-corrected chi connectivity index (χ4v) is 2.58. The highest BCUT2D eigenvalue weighted by Crippen LogP contribution is 2.39. The molecule has 0 saturated heterocycles. The maximum atomic E-state index is 12.8. The molecule has 1 aliphatic rings. The van der Waals surface area contributed by atoms with E-state index in [1.165, 1.54) is 24.3 Å². The average molecular weight is 359 g/mol. The fraction of sp³-hybridized carbons (Fsp3) is 0.333. The van der Waals surface area contributed by atoms with Gasteiger partial charge in [-0.1, -0.05) is 0 Å². The van der Waals surface area contributed by atoms with Crippen molar-refractivity contribution in [1.82, 2.24) is 9.55 Å². The highest BCUT2D eigenvalue weighted by atomic mass is 19.4. The van der Waals surface area contributed by atoms with Crippen molar-refractivity contribution in [1.29, 1.82) is 0 Å². The molecule has 1 aliphatic carbocycles. The first-order valence-corrected chi connectivity index (χ1v) is 7.18. The smallest absolute Gasteiger partial charge is 0.433 e. The molecule has 0 aliphatic heterocycles. The molecule has 1 fully saturated rings. The monoisotopic (exact) mass is 359 g/mol. The molecule has 3 rings (SSSR count). The van der Waals surface area contributed by atoms with Crippen LogP contribution in [-0.4, -0.2) is 32.3 Å². The number of ether oxygens (including phenoxy) is 1. The number of alkyl halides is 3. The first-order chi connectivity index (χ1) is 11.4. The second kappa shape index (κ2) is 7.11. The van der Waals surface area contributed by atoms with Gasteiger partial charge in [0.25, 0.3) is 0 Å². The van der Waals surface area contributed by atoms with Crippen LogP contribution in [0.3, 0.4) is 0 Å². The normalized spacial score (nSPS) is 19.5. The van der Waals surface area contributed by atoms with Crippen LogP contribution < -0.4 is 5.48 Å². The number of anilines is 1. The van der Waals surface area contributed by atoms with Gasteiger partial charge in [0.05, 0.1) is 23.8 Å². The summed E-state index contributed by atoms with van der Waals surface area (Å²) in [4.78, 5) is 15.5. The lowest BCUT2D eigenvalue weighted by molar-refractivity contribution is -0.146. The van der Waals surface area contributed by atoms with Crippen LogP contribution in [0.15, 0.2) is 36.8 Å². The van der Waals surface area contributed by atoms with Gasteiger partial charge in [0.15, 0.2) is 0 Å². The van der Waals surface area contributed by atoms with E-state index in [0.29, 0.717) is 24.1 Å². The third-order valence-corrected chi connectivity index (χ3v) is 3.94. The maximum Gasteiger partial charge on any atom is 0.433 e. The van der Waals surface area contributed by atoms with Gasteiger partial charge in [-0.15, -0.1) is 0 Å². The molecule has 10 heteroatoms. The summed E-state index contributed by atoms with van der Waals surface area (Å²) in [6.07, 6.45) is -2.34. The molecule has 136 valence electrons. The predicted octanol–water partition coefficient (Wildman–Crippen LogP) is 2.44. The molecule has 2 aromatic rings. The predicted molar refractivity (Wildman–Crippen MR) is 80.2 cm³/mol. The van der Waals surface area contributed by atoms with Crippen LogP contribution in [0.1, 0.15) is 34.9 Å². The van der Waals surface area contributed by atoms with Crippen molar-refractivity contribution in [3.63, 3.8) is 0 Å². The lowest BCUT2D eigenvalue weighted by Crippen LogP contribution is -2.36. The number of nitrogens with zero attached hydrogens (tertiary/aromatic N) is 2. The Kier molecular flexibility index (Phi) is 5.33. The molecule has 1 saturated carbocycles. The van der Waals surface area contributed by atoms with Gasteiger partial charge in [-0.2, -0.15) is 13.2 Å². The summed E-state index contributed by atoms with van der Waals surface area (Å²) >= 11 is 0. The Labute approximate surface area is 140 Å². The van der Waals surface area contributed by atoms with Gasteiger partial charge in [0.1, 0.15) is 11.8 Å². The average Bonchev–Trinajstić information content (AvgIpc) is 2.99. The Balaban J connectivity index is 0.00000225. The van der Waals surface area contributed by atoms with E-state index in [1.54, 1.807) is 0 Å². The molecule has 4 N–H and O–H groups in total. The summed E-state index contributed by atoms with van der Waals surface area (Å²) in [7, 11) is 0. The summed E-state index contributed by atoms with van der Waals surface area (Å²) in [6.45, 7) is 0. The molecular formula is C15H16F3N3O4. The van der Waals surface area contributed by atoms with Gasteiger partial charge in [-0.05, 0) is 24.3 Å². The molecule has 0 amide bonds. The summed E-state index contributed by atoms with van der Waals surface area (Å²) in [5.41, 5.74) is 1.87. The van der Waals surface area contributed by atoms with Crippen molar-refractivity contribution in [2.24, 2.45) is 0 Å². The van der Waals surface area contributed by atoms with Gasteiger partial charge < -0.3 is 14.8 Å². The number of hydrogen-bond donors (Lipinski definition) is 2. The number of carbonyl (C=O) groups is 1. The quantitative estimate of drug-likeness (QED) is 0.644. The number of carbonyl (C=O) groups excluding carboxylic acids is 1. The third kappa shape index (κ3) is 3.91. The maximum absolute atomic E-state index is 12.8. The second-order valence-electron chi connectivity index (χ2n) is 5.53. The van der Waals surface area contributed by atoms with Crippen LogP contribution in [-0.2, 0) is 10.9 Å². The van der Waals surface area contributed by atoms with Crippen molar-refractivity contribution in [3.8, 4) is 0 Å². The van der Waals surface area contributed by atoms with Crippen molar-refractivity contribution in [3.05, 3.63) is 48.0 Å². The van der Waals surface area contributed by atoms with Gasteiger partial charge in [-0.3, -0.25) is 10.7 Å². The fourth-order valence-electron chi connectivity index (χ4n) is 2.58. The molecule has 1 aromatic heterocycles. The van der Waals surface area contributed by atoms with Crippen LogP contribution in [0, 0.1) is 0 Å². The largest absolute Gasteiger partial charge is 0.459 e. The van der Waals surface area contributed by atoms with E-state index in [9.17, 15) is 18.0 Å². The minimum Gasteiger partial charge on any atom is -0.459 e. The van der Waals surface area contributed by atoms with Crippen LogP contribution in [0.2, 0.25) is 0 Å². The number of nitrogens with one attached hydrogen (secondary N) is 1. The molecule has 0 unspecified atom stereocenters. The van der Waals surface area contributed by atoms with Crippen LogP contribution in [0.25, 0.3) is 0 Å². The number of rotatable bonds is 4. The zero-order valence-corrected chi connectivity index (χ0v) is 12.8. The van der Waals surface area contributed by atoms with Crippen molar-refractivity contribution < 1.29 is 33.4 Å². The SMILES string of the molecule is O.O=C(OC1CC(n2cncc2C(F)(F)F)C1)c1ccc(NO)cc1. The highest BCUT2D eigenvalue weighted by Gasteiger charge is 2.40. The zero-order valence-electron chi connectivity index (χ0n) is 12.8. The topological polar surface area (TPSA) is 108 Å². The number of imidazole rings is 1. The Morgan fingerprint density at radius 2 is 1.92 bits per heavy atom. The molecule has 0 radical (unpaired) electrons. The van der Waals surface area contributed by atoms with E-state index in [0.717, 1.165) is 17.1 Å². The molecule has 0 atom stereocenters. The van der Waals surface area contributed by atoms with Gasteiger partial charge in [0.2, 0.25) is 0 Å². The zero-order chi connectivity index (χ0) is 17.3. The molecular weight excluding hydrogens is 343 g/mol. The van der Waals surface area contributed by atoms with E-state index in [4.69, 9.17) is 9.94 Å². The molecule has 1 aromatic carbocycles. The summed E-state index contributed by atoms with van der Waals surface area (Å²) in [5.74, 6) is -0.551. The summed E-state index contributed by atoms with van der Waals surface area (Å²) < 4.78 is 44.8. The third-order valence-electron chi connectivity index (χ3n) is 3.94. The summed E-state index contributed by atoms with van der Waals surface area (Å²) in [5, 5.41) is 8.71. The number of esters is 1. The number of halogens is 3. The van der Waals surface area contributed by atoms with Crippen molar-refractivity contribution >= 4 is 11.7 Å². The van der Waals surface area contributed by atoms with Crippen LogP contribution in [0.5, 0.6) is 0 Å². The number of hydrogen-bond acceptors (Lipinski definition) is 5. The molecule has 0 spiro atoms. The van der Waals surface area contributed by atoms with E-state index in [-0.39, 0.29) is 11.5 Å². The molecule has 1 heterocycles. The Hall–Kier alpha value is -2.59. The Bertz CT molecular complexity index is 724. The number of aromatic nitrogens is 2. The summed E-state index contributed by atoms with van der Waals surface area (Å²) in [6, 6.07) is 5.58. The van der Waals surface area contributed by atoms with E-state index in [2.05, 4.69) is 4.98 Å². The van der Waals surface area contributed by atoms with Crippen molar-refractivity contribution in [2.45, 2.75) is 31.2 Å². The number of benzene rings is 1. The minimum absolute atomic E-state index is 0. The highest BCUT2D eigenvalue weighted by molar-refractivity contribution is 5.89. The van der Waals surface area contributed by atoms with Gasteiger partial charge >= 0.3 is 12.1 Å². The lowest BCUT2D eigenvalue weighted by Gasteiger charge is -2.36.